The smallest absolute Gasteiger partial charge is 0.151 e. The zero-order valence-electron chi connectivity index (χ0n) is 9.27. The molecule has 0 aromatic carbocycles. The van der Waals surface area contributed by atoms with Gasteiger partial charge in [-0.1, -0.05) is 0 Å². The van der Waals surface area contributed by atoms with Gasteiger partial charge in [0, 0.05) is 20.7 Å². The lowest BCUT2D eigenvalue weighted by Crippen LogP contribution is -2.29. The molecule has 1 atom stereocenters. The van der Waals surface area contributed by atoms with Crippen LogP contribution in [0, 0.1) is 6.92 Å². The van der Waals surface area contributed by atoms with Crippen LogP contribution in [0.4, 0.5) is 5.82 Å². The van der Waals surface area contributed by atoms with E-state index in [2.05, 4.69) is 10.2 Å². The summed E-state index contributed by atoms with van der Waals surface area (Å²) in [5, 5.41) is 7.88. The van der Waals surface area contributed by atoms with Crippen molar-refractivity contribution in [2.45, 2.75) is 12.3 Å². The molecule has 0 radical (unpaired) electrons. The lowest BCUT2D eigenvalue weighted by atomic mass is 10.3. The van der Waals surface area contributed by atoms with Crippen molar-refractivity contribution in [3.8, 4) is 0 Å². The summed E-state index contributed by atoms with van der Waals surface area (Å²) in [4.78, 5) is 1.97. The number of ether oxygens (including phenoxy) is 1. The summed E-state index contributed by atoms with van der Waals surface area (Å²) < 4.78 is 4.97. The molecule has 0 spiro atoms. The SMILES string of the molecule is COCC(Cl)CN(C)c1cc(C)cnn1. The number of rotatable bonds is 5. The van der Waals surface area contributed by atoms with Crippen LogP contribution in [-0.4, -0.2) is 42.9 Å². The highest BCUT2D eigenvalue weighted by Crippen LogP contribution is 2.10. The zero-order chi connectivity index (χ0) is 11.3. The van der Waals surface area contributed by atoms with Gasteiger partial charge in [-0.25, -0.2) is 0 Å². The maximum atomic E-state index is 6.05. The topological polar surface area (TPSA) is 38.2 Å². The summed E-state index contributed by atoms with van der Waals surface area (Å²) in [5.41, 5.74) is 1.09. The van der Waals surface area contributed by atoms with Crippen LogP contribution in [0.3, 0.4) is 0 Å². The van der Waals surface area contributed by atoms with Crippen LogP contribution < -0.4 is 4.90 Å². The maximum absolute atomic E-state index is 6.05. The molecule has 0 amide bonds. The van der Waals surface area contributed by atoms with Crippen LogP contribution in [0.25, 0.3) is 0 Å². The van der Waals surface area contributed by atoms with E-state index in [9.17, 15) is 0 Å². The van der Waals surface area contributed by atoms with E-state index in [-0.39, 0.29) is 5.38 Å². The number of halogens is 1. The van der Waals surface area contributed by atoms with Gasteiger partial charge in [0.15, 0.2) is 5.82 Å². The third-order valence-corrected chi connectivity index (χ3v) is 2.25. The first-order chi connectivity index (χ1) is 7.13. The van der Waals surface area contributed by atoms with Crippen molar-refractivity contribution in [1.82, 2.24) is 10.2 Å². The van der Waals surface area contributed by atoms with Gasteiger partial charge in [-0.3, -0.25) is 0 Å². The largest absolute Gasteiger partial charge is 0.383 e. The zero-order valence-corrected chi connectivity index (χ0v) is 10.0. The van der Waals surface area contributed by atoms with E-state index < -0.39 is 0 Å². The van der Waals surface area contributed by atoms with Crippen LogP contribution in [-0.2, 0) is 4.74 Å². The molecule has 0 aliphatic heterocycles. The normalized spacial score (nSPS) is 12.5. The Morgan fingerprint density at radius 3 is 2.93 bits per heavy atom. The Hall–Kier alpha value is -0.870. The van der Waals surface area contributed by atoms with E-state index in [4.69, 9.17) is 16.3 Å². The van der Waals surface area contributed by atoms with Crippen molar-refractivity contribution < 1.29 is 4.74 Å². The Balaban J connectivity index is 2.56. The maximum Gasteiger partial charge on any atom is 0.151 e. The minimum Gasteiger partial charge on any atom is -0.383 e. The summed E-state index contributed by atoms with van der Waals surface area (Å²) in [5.74, 6) is 0.830. The summed E-state index contributed by atoms with van der Waals surface area (Å²) in [6.45, 7) is 3.21. The number of nitrogens with zero attached hydrogens (tertiary/aromatic N) is 3. The highest BCUT2D eigenvalue weighted by atomic mass is 35.5. The Labute approximate surface area is 95.2 Å². The summed E-state index contributed by atoms with van der Waals surface area (Å²) >= 11 is 6.05. The molecular formula is C10H16ClN3O. The van der Waals surface area contributed by atoms with Gasteiger partial charge in [0.05, 0.1) is 18.2 Å². The van der Waals surface area contributed by atoms with Crippen molar-refractivity contribution in [3.05, 3.63) is 17.8 Å². The average molecular weight is 230 g/mol. The van der Waals surface area contributed by atoms with Gasteiger partial charge in [0.2, 0.25) is 0 Å². The first kappa shape index (κ1) is 12.2. The molecule has 84 valence electrons. The number of anilines is 1. The molecule has 1 rings (SSSR count). The highest BCUT2D eigenvalue weighted by Gasteiger charge is 2.10. The number of methoxy groups -OCH3 is 1. The first-order valence-electron chi connectivity index (χ1n) is 4.77. The van der Waals surface area contributed by atoms with Gasteiger partial charge in [0.25, 0.3) is 0 Å². The van der Waals surface area contributed by atoms with E-state index >= 15 is 0 Å². The van der Waals surface area contributed by atoms with Crippen LogP contribution in [0.2, 0.25) is 0 Å². The second-order valence-corrected chi connectivity index (χ2v) is 4.14. The van der Waals surface area contributed by atoms with Gasteiger partial charge < -0.3 is 9.64 Å². The van der Waals surface area contributed by atoms with Crippen molar-refractivity contribution in [2.75, 3.05) is 32.2 Å². The Bertz CT molecular complexity index is 308. The molecule has 1 aromatic heterocycles. The molecule has 0 aliphatic rings. The predicted octanol–water partition coefficient (Wildman–Crippen LogP) is 1.48. The fourth-order valence-corrected chi connectivity index (χ4v) is 1.59. The quantitative estimate of drug-likeness (QED) is 0.717. The van der Waals surface area contributed by atoms with Crippen molar-refractivity contribution >= 4 is 17.4 Å². The van der Waals surface area contributed by atoms with Crippen LogP contribution in [0.1, 0.15) is 5.56 Å². The number of alkyl halides is 1. The van der Waals surface area contributed by atoms with Gasteiger partial charge in [-0.2, -0.15) is 5.10 Å². The Morgan fingerprint density at radius 1 is 1.60 bits per heavy atom. The highest BCUT2D eigenvalue weighted by molar-refractivity contribution is 6.21. The third-order valence-electron chi connectivity index (χ3n) is 1.99. The number of aromatic nitrogens is 2. The molecule has 0 saturated carbocycles. The number of hydrogen-bond donors (Lipinski definition) is 0. The molecule has 5 heteroatoms. The molecule has 0 N–H and O–H groups in total. The predicted molar refractivity (Wildman–Crippen MR) is 61.6 cm³/mol. The lowest BCUT2D eigenvalue weighted by Gasteiger charge is -2.20. The minimum absolute atomic E-state index is 0.0395. The summed E-state index contributed by atoms with van der Waals surface area (Å²) in [7, 11) is 3.58. The van der Waals surface area contributed by atoms with E-state index in [1.807, 2.05) is 24.9 Å². The van der Waals surface area contributed by atoms with Gasteiger partial charge in [-0.15, -0.1) is 16.7 Å². The van der Waals surface area contributed by atoms with E-state index in [1.54, 1.807) is 13.3 Å². The second-order valence-electron chi connectivity index (χ2n) is 3.52. The van der Waals surface area contributed by atoms with Crippen LogP contribution in [0.5, 0.6) is 0 Å². The third kappa shape index (κ3) is 4.01. The molecule has 0 aliphatic carbocycles. The number of hydrogen-bond acceptors (Lipinski definition) is 4. The molecule has 1 aromatic rings. The Morgan fingerprint density at radius 2 is 2.33 bits per heavy atom. The van der Waals surface area contributed by atoms with Crippen LogP contribution in [0.15, 0.2) is 12.3 Å². The molecule has 1 unspecified atom stereocenters. The second kappa shape index (κ2) is 5.88. The number of aryl methyl sites for hydroxylation is 1. The van der Waals surface area contributed by atoms with Crippen molar-refractivity contribution in [1.29, 1.82) is 0 Å². The van der Waals surface area contributed by atoms with E-state index in [1.165, 1.54) is 0 Å². The fourth-order valence-electron chi connectivity index (χ4n) is 1.26. The summed E-state index contributed by atoms with van der Waals surface area (Å²) in [6.07, 6.45) is 1.73. The van der Waals surface area contributed by atoms with Gasteiger partial charge in [-0.05, 0) is 18.6 Å². The van der Waals surface area contributed by atoms with Gasteiger partial charge in [0.1, 0.15) is 0 Å². The average Bonchev–Trinajstić information content (AvgIpc) is 2.18. The van der Waals surface area contributed by atoms with E-state index in [0.717, 1.165) is 11.4 Å². The lowest BCUT2D eigenvalue weighted by molar-refractivity contribution is 0.199. The molecule has 0 fully saturated rings. The van der Waals surface area contributed by atoms with Crippen molar-refractivity contribution in [3.63, 3.8) is 0 Å². The molecule has 0 saturated heterocycles. The van der Waals surface area contributed by atoms with E-state index in [0.29, 0.717) is 13.2 Å². The van der Waals surface area contributed by atoms with Gasteiger partial charge >= 0.3 is 0 Å². The van der Waals surface area contributed by atoms with Crippen molar-refractivity contribution in [2.24, 2.45) is 0 Å². The molecule has 0 bridgehead atoms. The molecule has 4 nitrogen and oxygen atoms in total. The minimum atomic E-state index is -0.0395. The fraction of sp³-hybridized carbons (Fsp3) is 0.600. The van der Waals surface area contributed by atoms with Crippen LogP contribution >= 0.6 is 11.6 Å². The monoisotopic (exact) mass is 229 g/mol. The standard InChI is InChI=1S/C10H16ClN3O/c1-8-4-10(13-12-5-8)14(2)6-9(11)7-15-3/h4-5,9H,6-7H2,1-3H3. The Kier molecular flexibility index (Phi) is 4.78. The molecule has 15 heavy (non-hydrogen) atoms. The summed E-state index contributed by atoms with van der Waals surface area (Å²) in [6, 6.07) is 1.98. The first-order valence-corrected chi connectivity index (χ1v) is 5.20. The molecule has 1 heterocycles. The molecular weight excluding hydrogens is 214 g/mol.